The second-order valence-corrected chi connectivity index (χ2v) is 5.31. The average Bonchev–Trinajstić information content (AvgIpc) is 2.91. The molecule has 0 radical (unpaired) electrons. The van der Waals surface area contributed by atoms with Crippen LogP contribution in [-0.4, -0.2) is 31.2 Å². The van der Waals surface area contributed by atoms with Gasteiger partial charge in [0.25, 0.3) is 5.56 Å². The van der Waals surface area contributed by atoms with Crippen LogP contribution in [0.5, 0.6) is 0 Å². The molecule has 7 heteroatoms. The summed E-state index contributed by atoms with van der Waals surface area (Å²) < 4.78 is 1.57. The van der Waals surface area contributed by atoms with Gasteiger partial charge in [0.1, 0.15) is 11.2 Å². The van der Waals surface area contributed by atoms with E-state index in [1.165, 1.54) is 6.20 Å². The Balaban J connectivity index is 1.87. The third-order valence-electron chi connectivity index (χ3n) is 3.57. The maximum absolute atomic E-state index is 12.1. The topological polar surface area (TPSA) is 90.6 Å². The Bertz CT molecular complexity index is 906. The molecule has 0 bridgehead atoms. The molecule has 3 rings (SSSR count). The van der Waals surface area contributed by atoms with Crippen molar-refractivity contribution >= 4 is 11.0 Å². The number of hydrogen-bond donors (Lipinski definition) is 1. The number of benzene rings is 1. The van der Waals surface area contributed by atoms with Gasteiger partial charge in [-0.3, -0.25) is 14.4 Å². The molecule has 0 amide bonds. The van der Waals surface area contributed by atoms with Crippen molar-refractivity contribution in [2.24, 2.45) is 7.05 Å². The fraction of sp³-hybridized carbons (Fsp3) is 0.250. The number of aromatic amines is 1. The Kier molecular flexibility index (Phi) is 4.17. The van der Waals surface area contributed by atoms with Crippen molar-refractivity contribution in [3.8, 4) is 6.07 Å². The maximum atomic E-state index is 12.1. The highest BCUT2D eigenvalue weighted by atomic mass is 16.1. The van der Waals surface area contributed by atoms with Crippen molar-refractivity contribution in [2.75, 3.05) is 6.54 Å². The van der Waals surface area contributed by atoms with Crippen LogP contribution in [-0.2, 0) is 20.1 Å². The van der Waals surface area contributed by atoms with E-state index in [9.17, 15) is 4.79 Å². The summed E-state index contributed by atoms with van der Waals surface area (Å²) in [5.74, 6) is 0.525. The lowest BCUT2D eigenvalue weighted by Gasteiger charge is -2.18. The minimum Gasteiger partial charge on any atom is -0.309 e. The van der Waals surface area contributed by atoms with Gasteiger partial charge in [0.15, 0.2) is 5.65 Å². The van der Waals surface area contributed by atoms with Gasteiger partial charge in [-0.1, -0.05) is 30.3 Å². The zero-order valence-corrected chi connectivity index (χ0v) is 12.7. The van der Waals surface area contributed by atoms with Crippen molar-refractivity contribution in [2.45, 2.75) is 13.1 Å². The number of nitrogens with zero attached hydrogens (tertiary/aromatic N) is 5. The van der Waals surface area contributed by atoms with Gasteiger partial charge in [-0.05, 0) is 5.56 Å². The van der Waals surface area contributed by atoms with Gasteiger partial charge in [-0.2, -0.15) is 10.4 Å². The Morgan fingerprint density at radius 2 is 2.09 bits per heavy atom. The van der Waals surface area contributed by atoms with Crippen LogP contribution in [0.3, 0.4) is 0 Å². The highest BCUT2D eigenvalue weighted by Crippen LogP contribution is 2.09. The molecule has 0 aliphatic rings. The van der Waals surface area contributed by atoms with Crippen molar-refractivity contribution < 1.29 is 0 Å². The normalized spacial score (nSPS) is 11.0. The first-order valence-corrected chi connectivity index (χ1v) is 7.21. The quantitative estimate of drug-likeness (QED) is 0.715. The number of H-pyrrole nitrogens is 1. The summed E-state index contributed by atoms with van der Waals surface area (Å²) >= 11 is 0. The number of aryl methyl sites for hydroxylation is 1. The number of hydrogen-bond acceptors (Lipinski definition) is 5. The number of aromatic nitrogens is 4. The molecule has 2 aromatic heterocycles. The molecule has 0 atom stereocenters. The Labute approximate surface area is 132 Å². The molecule has 1 aromatic carbocycles. The molecule has 0 aliphatic heterocycles. The average molecular weight is 308 g/mol. The number of fused-ring (bicyclic) bond motifs is 1. The van der Waals surface area contributed by atoms with Crippen LogP contribution in [0.2, 0.25) is 0 Å². The highest BCUT2D eigenvalue weighted by molar-refractivity contribution is 5.72. The molecular formula is C16H16N6O. The summed E-state index contributed by atoms with van der Waals surface area (Å²) in [6, 6.07) is 12.0. The zero-order chi connectivity index (χ0) is 16.2. The minimum absolute atomic E-state index is 0.213. The number of rotatable bonds is 5. The maximum Gasteiger partial charge on any atom is 0.262 e. The van der Waals surface area contributed by atoms with Gasteiger partial charge < -0.3 is 4.98 Å². The van der Waals surface area contributed by atoms with Crippen LogP contribution in [0.25, 0.3) is 11.0 Å². The first kappa shape index (κ1) is 14.9. The van der Waals surface area contributed by atoms with Gasteiger partial charge in [-0.25, -0.2) is 4.98 Å². The van der Waals surface area contributed by atoms with Crippen LogP contribution < -0.4 is 5.56 Å². The van der Waals surface area contributed by atoms with Crippen LogP contribution in [0.4, 0.5) is 0 Å². The molecule has 0 saturated heterocycles. The van der Waals surface area contributed by atoms with Crippen molar-refractivity contribution in [1.82, 2.24) is 24.6 Å². The number of nitrogens with one attached hydrogen (secondary N) is 1. The first-order chi connectivity index (χ1) is 11.2. The predicted molar refractivity (Wildman–Crippen MR) is 85.3 cm³/mol. The molecule has 1 N–H and O–H groups in total. The van der Waals surface area contributed by atoms with Gasteiger partial charge in [-0.15, -0.1) is 0 Å². The van der Waals surface area contributed by atoms with E-state index in [0.29, 0.717) is 29.9 Å². The third-order valence-corrected chi connectivity index (χ3v) is 3.57. The van der Waals surface area contributed by atoms with Crippen LogP contribution in [0, 0.1) is 11.3 Å². The molecule has 0 saturated carbocycles. The van der Waals surface area contributed by atoms with Crippen molar-refractivity contribution in [1.29, 1.82) is 5.26 Å². The van der Waals surface area contributed by atoms with Crippen molar-refractivity contribution in [3.63, 3.8) is 0 Å². The van der Waals surface area contributed by atoms with E-state index in [2.05, 4.69) is 21.1 Å². The van der Waals surface area contributed by atoms with Gasteiger partial charge in [0.2, 0.25) is 0 Å². The summed E-state index contributed by atoms with van der Waals surface area (Å²) in [7, 11) is 1.75. The lowest BCUT2D eigenvalue weighted by Crippen LogP contribution is -2.26. The largest absolute Gasteiger partial charge is 0.309 e. The van der Waals surface area contributed by atoms with Crippen LogP contribution >= 0.6 is 0 Å². The van der Waals surface area contributed by atoms with E-state index in [1.807, 2.05) is 35.2 Å². The van der Waals surface area contributed by atoms with Gasteiger partial charge >= 0.3 is 0 Å². The predicted octanol–water partition coefficient (Wildman–Crippen LogP) is 1.18. The summed E-state index contributed by atoms with van der Waals surface area (Å²) in [6.07, 6.45) is 1.50. The fourth-order valence-electron chi connectivity index (χ4n) is 2.47. The summed E-state index contributed by atoms with van der Waals surface area (Å²) in [6.45, 7) is 1.25. The molecule has 2 heterocycles. The van der Waals surface area contributed by atoms with E-state index in [0.717, 1.165) is 5.56 Å². The van der Waals surface area contributed by atoms with Crippen LogP contribution in [0.1, 0.15) is 11.4 Å². The highest BCUT2D eigenvalue weighted by Gasteiger charge is 2.12. The molecule has 0 fully saturated rings. The molecule has 23 heavy (non-hydrogen) atoms. The van der Waals surface area contributed by atoms with Gasteiger partial charge in [0, 0.05) is 13.6 Å². The molecule has 0 aliphatic carbocycles. The minimum atomic E-state index is -0.213. The second-order valence-electron chi connectivity index (χ2n) is 5.31. The Hall–Kier alpha value is -2.98. The molecular weight excluding hydrogens is 292 g/mol. The van der Waals surface area contributed by atoms with E-state index in [4.69, 9.17) is 5.26 Å². The smallest absolute Gasteiger partial charge is 0.262 e. The zero-order valence-electron chi connectivity index (χ0n) is 12.7. The molecule has 0 unspecified atom stereocenters. The lowest BCUT2D eigenvalue weighted by molar-refractivity contribution is 0.282. The first-order valence-electron chi connectivity index (χ1n) is 7.21. The molecule has 7 nitrogen and oxygen atoms in total. The van der Waals surface area contributed by atoms with E-state index in [-0.39, 0.29) is 12.1 Å². The summed E-state index contributed by atoms with van der Waals surface area (Å²) in [5.41, 5.74) is 1.43. The third kappa shape index (κ3) is 3.27. The second kappa shape index (κ2) is 6.42. The van der Waals surface area contributed by atoms with E-state index < -0.39 is 0 Å². The Morgan fingerprint density at radius 3 is 2.83 bits per heavy atom. The van der Waals surface area contributed by atoms with E-state index in [1.54, 1.807) is 11.7 Å². The Morgan fingerprint density at radius 1 is 1.30 bits per heavy atom. The molecule has 116 valence electrons. The lowest BCUT2D eigenvalue weighted by atomic mass is 10.2. The van der Waals surface area contributed by atoms with E-state index >= 15 is 0 Å². The standard InChI is InChI=1S/C16H16N6O/c1-21-15-13(9-18-21)16(23)20-14(19-15)11-22(8-7-17)10-12-5-3-2-4-6-12/h2-6,9H,8,10-11H2,1H3,(H,19,20,23). The monoisotopic (exact) mass is 308 g/mol. The summed E-state index contributed by atoms with van der Waals surface area (Å²) in [5, 5.41) is 13.5. The number of nitriles is 1. The van der Waals surface area contributed by atoms with Crippen LogP contribution in [0.15, 0.2) is 41.3 Å². The fourth-order valence-corrected chi connectivity index (χ4v) is 2.47. The van der Waals surface area contributed by atoms with Gasteiger partial charge in [0.05, 0.1) is 25.4 Å². The summed E-state index contributed by atoms with van der Waals surface area (Å²) in [4.78, 5) is 21.2. The molecule has 0 spiro atoms. The SMILES string of the molecule is Cn1ncc2c(=O)[nH]c(CN(CC#N)Cc3ccccc3)nc21. The van der Waals surface area contributed by atoms with Crippen molar-refractivity contribution in [3.05, 3.63) is 58.3 Å². The molecule has 3 aromatic rings.